The highest BCUT2D eigenvalue weighted by Gasteiger charge is 2.40. The number of unbranched alkanes of at least 4 members (excludes halogenated alkanes) is 2. The molecule has 11 heteroatoms. The van der Waals surface area contributed by atoms with Gasteiger partial charge in [0.2, 0.25) is 5.91 Å². The molecule has 2 aromatic rings. The molecule has 1 N–H and O–H groups in total. The first-order valence-corrected chi connectivity index (χ1v) is 15.7. The third-order valence-electron chi connectivity index (χ3n) is 8.91. The standard InChI is InChI=1S/C33H41F3N4O4/c34-33(35,36)32(43)37-26-14-19-38(20-15-26)18-4-1-5-23-44-28-11-8-25(9-12-28)31(42)39-21-16-27(17-22-39)40-29-7-3-2-6-24(29)10-13-30(40)41/h2-3,6-9,11-12,26-27H,1,4-5,10,13-23H2,(H,37,43). The number of hydrogen-bond acceptors (Lipinski definition) is 5. The molecule has 0 aromatic heterocycles. The summed E-state index contributed by atoms with van der Waals surface area (Å²) in [5.41, 5.74) is 2.85. The SMILES string of the molecule is O=C(c1ccc(OCCCCCN2CCC(NC(=O)C(F)(F)F)CC2)cc1)N1CCC(N2C(=O)CCc3ccccc32)CC1. The summed E-state index contributed by atoms with van der Waals surface area (Å²) in [6.45, 7) is 4.01. The molecule has 0 bridgehead atoms. The maximum atomic E-state index is 13.2. The van der Waals surface area contributed by atoms with E-state index in [-0.39, 0.29) is 17.9 Å². The van der Waals surface area contributed by atoms with E-state index in [0.717, 1.165) is 50.8 Å². The van der Waals surface area contributed by atoms with Gasteiger partial charge in [0.05, 0.1) is 6.61 Å². The van der Waals surface area contributed by atoms with Crippen LogP contribution in [-0.2, 0) is 16.0 Å². The summed E-state index contributed by atoms with van der Waals surface area (Å²) >= 11 is 0. The summed E-state index contributed by atoms with van der Waals surface area (Å²) in [5.74, 6) is -0.979. The minimum atomic E-state index is -4.83. The number of nitrogens with one attached hydrogen (secondary N) is 1. The molecule has 0 radical (unpaired) electrons. The summed E-state index contributed by atoms with van der Waals surface area (Å²) in [7, 11) is 0. The number of piperidine rings is 2. The van der Waals surface area contributed by atoms with Gasteiger partial charge in [0.15, 0.2) is 0 Å². The van der Waals surface area contributed by atoms with E-state index in [1.54, 1.807) is 12.1 Å². The monoisotopic (exact) mass is 614 g/mol. The number of para-hydroxylation sites is 1. The molecule has 2 aromatic carbocycles. The Hall–Kier alpha value is -3.60. The lowest BCUT2D eigenvalue weighted by atomic mass is 9.95. The number of carbonyl (C=O) groups is 3. The fourth-order valence-electron chi connectivity index (χ4n) is 6.43. The Morgan fingerprint density at radius 2 is 1.57 bits per heavy atom. The zero-order chi connectivity index (χ0) is 31.1. The van der Waals surface area contributed by atoms with Crippen LogP contribution in [0.3, 0.4) is 0 Å². The lowest BCUT2D eigenvalue weighted by molar-refractivity contribution is -0.174. The van der Waals surface area contributed by atoms with E-state index >= 15 is 0 Å². The van der Waals surface area contributed by atoms with Crippen molar-refractivity contribution in [1.82, 2.24) is 15.1 Å². The lowest BCUT2D eigenvalue weighted by Crippen LogP contribution is -2.50. The number of hydrogen-bond donors (Lipinski definition) is 1. The number of carbonyl (C=O) groups excluding carboxylic acids is 3. The van der Waals surface area contributed by atoms with Crippen LogP contribution in [0.15, 0.2) is 48.5 Å². The predicted octanol–water partition coefficient (Wildman–Crippen LogP) is 4.96. The van der Waals surface area contributed by atoms with Crippen molar-refractivity contribution in [3.05, 3.63) is 59.7 Å². The van der Waals surface area contributed by atoms with Gasteiger partial charge in [-0.3, -0.25) is 14.4 Å². The molecule has 2 fully saturated rings. The molecule has 2 saturated heterocycles. The Morgan fingerprint density at radius 1 is 0.864 bits per heavy atom. The molecule has 0 saturated carbocycles. The van der Waals surface area contributed by atoms with Crippen LogP contribution in [-0.4, -0.2) is 85.1 Å². The van der Waals surface area contributed by atoms with Gasteiger partial charge in [0.25, 0.3) is 5.91 Å². The second kappa shape index (κ2) is 14.5. The second-order valence-corrected chi connectivity index (χ2v) is 11.9. The van der Waals surface area contributed by atoms with Crippen LogP contribution in [0.1, 0.15) is 67.3 Å². The molecule has 3 amide bonds. The first-order valence-electron chi connectivity index (χ1n) is 15.7. The van der Waals surface area contributed by atoms with Crippen molar-refractivity contribution < 1.29 is 32.3 Å². The highest BCUT2D eigenvalue weighted by Crippen LogP contribution is 2.32. The van der Waals surface area contributed by atoms with E-state index in [0.29, 0.717) is 63.4 Å². The molecule has 0 unspecified atom stereocenters. The van der Waals surface area contributed by atoms with Gasteiger partial charge in [-0.15, -0.1) is 0 Å². The number of anilines is 1. The fourth-order valence-corrected chi connectivity index (χ4v) is 6.43. The average Bonchev–Trinajstić information content (AvgIpc) is 3.03. The van der Waals surface area contributed by atoms with Gasteiger partial charge in [0, 0.05) is 55.9 Å². The van der Waals surface area contributed by atoms with Gasteiger partial charge in [-0.2, -0.15) is 13.2 Å². The van der Waals surface area contributed by atoms with Gasteiger partial charge in [-0.25, -0.2) is 0 Å². The summed E-state index contributed by atoms with van der Waals surface area (Å²) < 4.78 is 43.1. The first-order chi connectivity index (χ1) is 21.2. The summed E-state index contributed by atoms with van der Waals surface area (Å²) in [6.07, 6.45) is 1.85. The van der Waals surface area contributed by atoms with E-state index in [2.05, 4.69) is 16.3 Å². The molecule has 8 nitrogen and oxygen atoms in total. The van der Waals surface area contributed by atoms with Crippen LogP contribution in [0.2, 0.25) is 0 Å². The summed E-state index contributed by atoms with van der Waals surface area (Å²) in [5, 5.41) is 2.08. The van der Waals surface area contributed by atoms with E-state index in [1.165, 1.54) is 5.56 Å². The number of aryl methyl sites for hydroxylation is 1. The number of rotatable bonds is 10. The Bertz CT molecular complexity index is 1290. The maximum absolute atomic E-state index is 13.2. The average molecular weight is 615 g/mol. The Balaban J connectivity index is 0.966. The van der Waals surface area contributed by atoms with Gasteiger partial charge in [-0.1, -0.05) is 18.2 Å². The molecular formula is C33H41F3N4O4. The number of nitrogens with zero attached hydrogens (tertiary/aromatic N) is 3. The number of fused-ring (bicyclic) bond motifs is 1. The number of amides is 3. The van der Waals surface area contributed by atoms with Crippen LogP contribution < -0.4 is 15.0 Å². The van der Waals surface area contributed by atoms with Crippen LogP contribution in [0.25, 0.3) is 0 Å². The van der Waals surface area contributed by atoms with Gasteiger partial charge >= 0.3 is 12.1 Å². The van der Waals surface area contributed by atoms with Gasteiger partial charge in [0.1, 0.15) is 5.75 Å². The Morgan fingerprint density at radius 3 is 2.27 bits per heavy atom. The number of likely N-dealkylation sites (tertiary alicyclic amines) is 2. The molecule has 3 aliphatic heterocycles. The van der Waals surface area contributed by atoms with E-state index in [9.17, 15) is 27.6 Å². The lowest BCUT2D eigenvalue weighted by Gasteiger charge is -2.41. The minimum absolute atomic E-state index is 0.00728. The van der Waals surface area contributed by atoms with E-state index in [4.69, 9.17) is 4.74 Å². The zero-order valence-electron chi connectivity index (χ0n) is 25.0. The van der Waals surface area contributed by atoms with Crippen LogP contribution in [0.5, 0.6) is 5.75 Å². The quantitative estimate of drug-likeness (QED) is 0.383. The number of benzene rings is 2. The third kappa shape index (κ3) is 8.11. The molecular weight excluding hydrogens is 573 g/mol. The van der Waals surface area contributed by atoms with Crippen molar-refractivity contribution in [2.24, 2.45) is 0 Å². The number of halogens is 3. The molecule has 3 aliphatic rings. The molecule has 44 heavy (non-hydrogen) atoms. The fraction of sp³-hybridized carbons (Fsp3) is 0.545. The molecule has 238 valence electrons. The second-order valence-electron chi connectivity index (χ2n) is 11.9. The van der Waals surface area contributed by atoms with E-state index in [1.807, 2.05) is 40.1 Å². The zero-order valence-corrected chi connectivity index (χ0v) is 25.0. The highest BCUT2D eigenvalue weighted by molar-refractivity contribution is 5.97. The molecule has 0 spiro atoms. The van der Waals surface area contributed by atoms with Crippen LogP contribution in [0, 0.1) is 0 Å². The van der Waals surface area contributed by atoms with Crippen molar-refractivity contribution in [3.63, 3.8) is 0 Å². The Kier molecular flexibility index (Phi) is 10.5. The molecule has 5 rings (SSSR count). The third-order valence-corrected chi connectivity index (χ3v) is 8.91. The smallest absolute Gasteiger partial charge is 0.471 e. The Labute approximate surface area is 256 Å². The maximum Gasteiger partial charge on any atom is 0.471 e. The minimum Gasteiger partial charge on any atom is -0.494 e. The van der Waals surface area contributed by atoms with Crippen molar-refractivity contribution in [3.8, 4) is 5.75 Å². The summed E-state index contributed by atoms with van der Waals surface area (Å²) in [4.78, 5) is 43.1. The first kappa shape index (κ1) is 31.8. The van der Waals surface area contributed by atoms with Crippen LogP contribution >= 0.6 is 0 Å². The van der Waals surface area contributed by atoms with Crippen LogP contribution in [0.4, 0.5) is 18.9 Å². The van der Waals surface area contributed by atoms with Crippen molar-refractivity contribution >= 4 is 23.4 Å². The largest absolute Gasteiger partial charge is 0.494 e. The predicted molar refractivity (Wildman–Crippen MR) is 161 cm³/mol. The summed E-state index contributed by atoms with van der Waals surface area (Å²) in [6, 6.07) is 15.0. The molecule has 0 atom stereocenters. The van der Waals surface area contributed by atoms with Crippen molar-refractivity contribution in [2.45, 2.75) is 76.0 Å². The van der Waals surface area contributed by atoms with Crippen molar-refractivity contribution in [1.29, 1.82) is 0 Å². The van der Waals surface area contributed by atoms with E-state index < -0.39 is 18.1 Å². The number of ether oxygens (including phenoxy) is 1. The topological polar surface area (TPSA) is 82.2 Å². The van der Waals surface area contributed by atoms with Gasteiger partial charge < -0.3 is 24.8 Å². The normalized spacial score (nSPS) is 18.7. The number of alkyl halides is 3. The molecule has 3 heterocycles. The van der Waals surface area contributed by atoms with Crippen molar-refractivity contribution in [2.75, 3.05) is 44.2 Å². The molecule has 0 aliphatic carbocycles. The van der Waals surface area contributed by atoms with Gasteiger partial charge in [-0.05, 0) is 93.8 Å². The highest BCUT2D eigenvalue weighted by atomic mass is 19.4.